The van der Waals surface area contributed by atoms with Crippen molar-refractivity contribution in [3.05, 3.63) is 100 Å². The van der Waals surface area contributed by atoms with Gasteiger partial charge in [-0.3, -0.25) is 14.4 Å². The monoisotopic (exact) mass is 501 g/mol. The number of hydrogen-bond donors (Lipinski definition) is 3. The van der Waals surface area contributed by atoms with E-state index in [1.165, 1.54) is 16.2 Å². The standard InChI is InChI=1S/C29H31N3O5/c1-2-36-27-14-23-22(17-32(29(23)35)37-18-19-8-4-3-5-9-19)12-24(27)28(34)31-16-26(33)25-13-20-10-6-7-11-21(20)15-30-25/h3-12,14,25-26,30,33H,2,13,15-18H2,1H3,(H,31,34)/t25-,26+/m0/s1. The van der Waals surface area contributed by atoms with Gasteiger partial charge in [0.1, 0.15) is 12.4 Å². The Morgan fingerprint density at radius 2 is 1.86 bits per heavy atom. The number of carbonyl (C=O) groups is 2. The molecule has 0 spiro atoms. The minimum Gasteiger partial charge on any atom is -0.493 e. The summed E-state index contributed by atoms with van der Waals surface area (Å²) in [5, 5.41) is 18.3. The average molecular weight is 502 g/mol. The molecule has 37 heavy (non-hydrogen) atoms. The van der Waals surface area contributed by atoms with Crippen LogP contribution in [0.5, 0.6) is 5.75 Å². The summed E-state index contributed by atoms with van der Waals surface area (Å²) >= 11 is 0. The van der Waals surface area contributed by atoms with Crippen molar-refractivity contribution < 1.29 is 24.3 Å². The van der Waals surface area contributed by atoms with Gasteiger partial charge in [-0.05, 0) is 47.7 Å². The lowest BCUT2D eigenvalue weighted by atomic mass is 9.93. The molecule has 2 amide bonds. The molecular weight excluding hydrogens is 470 g/mol. The van der Waals surface area contributed by atoms with E-state index in [1.54, 1.807) is 12.1 Å². The number of rotatable bonds is 9. The Kier molecular flexibility index (Phi) is 7.50. The van der Waals surface area contributed by atoms with Gasteiger partial charge in [0.25, 0.3) is 11.8 Å². The molecule has 0 unspecified atom stereocenters. The molecule has 2 aliphatic rings. The third-order valence-corrected chi connectivity index (χ3v) is 6.80. The molecule has 2 aliphatic heterocycles. The number of aliphatic hydroxyl groups is 1. The second kappa shape index (κ2) is 11.1. The van der Waals surface area contributed by atoms with Gasteiger partial charge in [-0.15, -0.1) is 0 Å². The molecule has 0 saturated carbocycles. The van der Waals surface area contributed by atoms with Crippen LogP contribution in [0.4, 0.5) is 0 Å². The van der Waals surface area contributed by atoms with Crippen molar-refractivity contribution in [1.29, 1.82) is 0 Å². The SMILES string of the molecule is CCOc1cc2c(cc1C(=O)NC[C@@H](O)[C@@H]1Cc3ccccc3CN1)CN(OCc1ccccc1)C2=O. The smallest absolute Gasteiger partial charge is 0.278 e. The fourth-order valence-corrected chi connectivity index (χ4v) is 4.78. The maximum absolute atomic E-state index is 13.1. The summed E-state index contributed by atoms with van der Waals surface area (Å²) in [5.41, 5.74) is 4.86. The molecule has 0 saturated heterocycles. The number of nitrogens with zero attached hydrogens (tertiary/aromatic N) is 1. The maximum atomic E-state index is 13.1. The number of ether oxygens (including phenoxy) is 1. The number of benzene rings is 3. The van der Waals surface area contributed by atoms with Crippen LogP contribution in [0.3, 0.4) is 0 Å². The highest BCUT2D eigenvalue weighted by Crippen LogP contribution is 2.31. The molecular formula is C29H31N3O5. The van der Waals surface area contributed by atoms with Crippen molar-refractivity contribution >= 4 is 11.8 Å². The highest BCUT2D eigenvalue weighted by Gasteiger charge is 2.32. The average Bonchev–Trinajstić information content (AvgIpc) is 3.24. The molecule has 0 aliphatic carbocycles. The molecule has 3 aromatic rings. The zero-order valence-electron chi connectivity index (χ0n) is 20.8. The van der Waals surface area contributed by atoms with Crippen LogP contribution in [0.1, 0.15) is 49.9 Å². The lowest BCUT2D eigenvalue weighted by Gasteiger charge is -2.30. The normalized spacial score (nSPS) is 17.2. The molecule has 3 N–H and O–H groups in total. The number of hydroxylamine groups is 2. The molecule has 2 heterocycles. The van der Waals surface area contributed by atoms with E-state index in [1.807, 2.05) is 49.4 Å². The number of aliphatic hydroxyl groups excluding tert-OH is 1. The first kappa shape index (κ1) is 25.0. The van der Waals surface area contributed by atoms with Crippen LogP contribution in [0.2, 0.25) is 0 Å². The molecule has 8 nitrogen and oxygen atoms in total. The highest BCUT2D eigenvalue weighted by molar-refractivity contribution is 6.02. The summed E-state index contributed by atoms with van der Waals surface area (Å²) in [4.78, 5) is 31.8. The molecule has 2 atom stereocenters. The summed E-state index contributed by atoms with van der Waals surface area (Å²) < 4.78 is 5.71. The third kappa shape index (κ3) is 5.51. The van der Waals surface area contributed by atoms with Crippen LogP contribution in [-0.2, 0) is 31.0 Å². The van der Waals surface area contributed by atoms with Crippen molar-refractivity contribution in [3.63, 3.8) is 0 Å². The van der Waals surface area contributed by atoms with Gasteiger partial charge in [0, 0.05) is 19.1 Å². The summed E-state index contributed by atoms with van der Waals surface area (Å²) in [5.74, 6) is -0.299. The first-order chi connectivity index (χ1) is 18.0. The third-order valence-electron chi connectivity index (χ3n) is 6.80. The molecule has 0 fully saturated rings. The van der Waals surface area contributed by atoms with Crippen LogP contribution in [0.15, 0.2) is 66.7 Å². The van der Waals surface area contributed by atoms with Crippen LogP contribution >= 0.6 is 0 Å². The van der Waals surface area contributed by atoms with E-state index in [-0.39, 0.29) is 37.6 Å². The van der Waals surface area contributed by atoms with E-state index in [0.717, 1.165) is 5.56 Å². The predicted molar refractivity (Wildman–Crippen MR) is 138 cm³/mol. The van der Waals surface area contributed by atoms with Crippen LogP contribution in [0, 0.1) is 0 Å². The Labute approximate surface area is 216 Å². The fourth-order valence-electron chi connectivity index (χ4n) is 4.78. The lowest BCUT2D eigenvalue weighted by Crippen LogP contribution is -2.49. The van der Waals surface area contributed by atoms with E-state index in [2.05, 4.69) is 22.8 Å². The number of hydrogen-bond acceptors (Lipinski definition) is 6. The second-order valence-corrected chi connectivity index (χ2v) is 9.28. The van der Waals surface area contributed by atoms with Crippen LogP contribution in [0.25, 0.3) is 0 Å². The second-order valence-electron chi connectivity index (χ2n) is 9.28. The summed E-state index contributed by atoms with van der Waals surface area (Å²) in [6, 6.07) is 20.9. The van der Waals surface area contributed by atoms with Gasteiger partial charge in [-0.1, -0.05) is 54.6 Å². The molecule has 192 valence electrons. The maximum Gasteiger partial charge on any atom is 0.278 e. The van der Waals surface area contributed by atoms with Crippen molar-refractivity contribution in [1.82, 2.24) is 15.7 Å². The zero-order chi connectivity index (χ0) is 25.8. The van der Waals surface area contributed by atoms with Gasteiger partial charge in [0.05, 0.1) is 30.4 Å². The van der Waals surface area contributed by atoms with Crippen molar-refractivity contribution in [2.45, 2.75) is 45.2 Å². The topological polar surface area (TPSA) is 100 Å². The van der Waals surface area contributed by atoms with Gasteiger partial charge in [0.15, 0.2) is 0 Å². The fraction of sp³-hybridized carbons (Fsp3) is 0.310. The summed E-state index contributed by atoms with van der Waals surface area (Å²) in [7, 11) is 0. The lowest BCUT2D eigenvalue weighted by molar-refractivity contribution is -0.134. The van der Waals surface area contributed by atoms with Gasteiger partial charge in [0.2, 0.25) is 0 Å². The number of carbonyl (C=O) groups excluding carboxylic acids is 2. The van der Waals surface area contributed by atoms with E-state index in [9.17, 15) is 14.7 Å². The Bertz CT molecular complexity index is 1280. The number of nitrogens with one attached hydrogen (secondary N) is 2. The van der Waals surface area contributed by atoms with Gasteiger partial charge < -0.3 is 20.5 Å². The van der Waals surface area contributed by atoms with Crippen LogP contribution < -0.4 is 15.4 Å². The van der Waals surface area contributed by atoms with Gasteiger partial charge in [-0.2, -0.15) is 0 Å². The minimum absolute atomic E-state index is 0.0898. The Balaban J connectivity index is 1.24. The predicted octanol–water partition coefficient (Wildman–Crippen LogP) is 2.98. The molecule has 0 aromatic heterocycles. The van der Waals surface area contributed by atoms with Gasteiger partial charge >= 0.3 is 0 Å². The summed E-state index contributed by atoms with van der Waals surface area (Å²) in [6.45, 7) is 3.44. The van der Waals surface area contributed by atoms with E-state index in [0.29, 0.717) is 42.0 Å². The molecule has 0 radical (unpaired) electrons. The first-order valence-corrected chi connectivity index (χ1v) is 12.6. The molecule has 5 rings (SSSR count). The molecule has 0 bridgehead atoms. The highest BCUT2D eigenvalue weighted by atomic mass is 16.7. The van der Waals surface area contributed by atoms with E-state index >= 15 is 0 Å². The Morgan fingerprint density at radius 3 is 2.65 bits per heavy atom. The first-order valence-electron chi connectivity index (χ1n) is 12.6. The molecule has 3 aromatic carbocycles. The quantitative estimate of drug-likeness (QED) is 0.417. The number of amides is 2. The summed E-state index contributed by atoms with van der Waals surface area (Å²) in [6.07, 6.45) is -0.0669. The van der Waals surface area contributed by atoms with E-state index < -0.39 is 6.10 Å². The molecule has 8 heteroatoms. The largest absolute Gasteiger partial charge is 0.493 e. The van der Waals surface area contributed by atoms with Crippen LogP contribution in [-0.4, -0.2) is 47.3 Å². The van der Waals surface area contributed by atoms with Crippen molar-refractivity contribution in [2.24, 2.45) is 0 Å². The minimum atomic E-state index is -0.759. The Hall–Kier alpha value is -3.72. The zero-order valence-corrected chi connectivity index (χ0v) is 20.8. The van der Waals surface area contributed by atoms with E-state index in [4.69, 9.17) is 9.57 Å². The number of fused-ring (bicyclic) bond motifs is 2. The van der Waals surface area contributed by atoms with Gasteiger partial charge in [-0.25, -0.2) is 5.06 Å². The van der Waals surface area contributed by atoms with Crippen molar-refractivity contribution in [2.75, 3.05) is 13.2 Å². The Morgan fingerprint density at radius 1 is 1.11 bits per heavy atom. The van der Waals surface area contributed by atoms with Crippen molar-refractivity contribution in [3.8, 4) is 5.75 Å².